The van der Waals surface area contributed by atoms with E-state index in [4.69, 9.17) is 5.11 Å². The standard InChI is InChI=1S/C12H18N2O2/c1-9(16)11-2-3-12(13-6-11)14-5-4-10(7-14)8-15/h2-3,6,9-10,15-16H,4-5,7-8H2,1H3. The molecule has 0 aliphatic carbocycles. The summed E-state index contributed by atoms with van der Waals surface area (Å²) in [5.41, 5.74) is 0.835. The molecule has 0 aromatic carbocycles. The zero-order valence-corrected chi connectivity index (χ0v) is 9.50. The number of hydrogen-bond donors (Lipinski definition) is 2. The van der Waals surface area contributed by atoms with Crippen LogP contribution in [0.25, 0.3) is 0 Å². The fourth-order valence-electron chi connectivity index (χ4n) is 2.02. The maximum Gasteiger partial charge on any atom is 0.128 e. The Hall–Kier alpha value is -1.13. The number of anilines is 1. The highest BCUT2D eigenvalue weighted by Gasteiger charge is 2.22. The number of aliphatic hydroxyl groups is 2. The molecule has 4 heteroatoms. The lowest BCUT2D eigenvalue weighted by Gasteiger charge is -2.17. The number of aliphatic hydroxyl groups excluding tert-OH is 2. The number of aromatic nitrogens is 1. The first-order valence-corrected chi connectivity index (χ1v) is 5.70. The minimum atomic E-state index is -0.467. The molecule has 1 aliphatic rings. The third-order valence-corrected chi connectivity index (χ3v) is 3.12. The third-order valence-electron chi connectivity index (χ3n) is 3.12. The number of nitrogens with zero attached hydrogens (tertiary/aromatic N) is 2. The lowest BCUT2D eigenvalue weighted by molar-refractivity contribution is 0.199. The van der Waals surface area contributed by atoms with Crippen LogP contribution in [-0.4, -0.2) is 34.9 Å². The Labute approximate surface area is 95.5 Å². The summed E-state index contributed by atoms with van der Waals surface area (Å²) < 4.78 is 0. The van der Waals surface area contributed by atoms with Crippen molar-refractivity contribution in [3.63, 3.8) is 0 Å². The van der Waals surface area contributed by atoms with E-state index in [1.54, 1.807) is 13.1 Å². The summed E-state index contributed by atoms with van der Waals surface area (Å²) in [4.78, 5) is 6.51. The van der Waals surface area contributed by atoms with Gasteiger partial charge in [-0.2, -0.15) is 0 Å². The molecule has 2 unspecified atom stereocenters. The molecule has 2 heterocycles. The zero-order valence-electron chi connectivity index (χ0n) is 9.50. The molecular weight excluding hydrogens is 204 g/mol. The molecule has 0 saturated carbocycles. The maximum atomic E-state index is 9.37. The third kappa shape index (κ3) is 2.33. The predicted molar refractivity (Wildman–Crippen MR) is 62.3 cm³/mol. The molecule has 1 aromatic heterocycles. The quantitative estimate of drug-likeness (QED) is 0.799. The van der Waals surface area contributed by atoms with Gasteiger partial charge in [0.1, 0.15) is 5.82 Å². The van der Waals surface area contributed by atoms with Gasteiger partial charge in [-0.15, -0.1) is 0 Å². The summed E-state index contributed by atoms with van der Waals surface area (Å²) in [6.07, 6.45) is 2.27. The molecule has 2 N–H and O–H groups in total. The SMILES string of the molecule is CC(O)c1ccc(N2CCC(CO)C2)nc1. The molecule has 4 nitrogen and oxygen atoms in total. The van der Waals surface area contributed by atoms with Crippen LogP contribution in [0.1, 0.15) is 25.0 Å². The molecule has 2 atom stereocenters. The molecule has 1 fully saturated rings. The highest BCUT2D eigenvalue weighted by molar-refractivity contribution is 5.40. The van der Waals surface area contributed by atoms with Crippen molar-refractivity contribution >= 4 is 5.82 Å². The van der Waals surface area contributed by atoms with Crippen molar-refractivity contribution in [2.75, 3.05) is 24.6 Å². The second-order valence-corrected chi connectivity index (χ2v) is 4.41. The lowest BCUT2D eigenvalue weighted by atomic mass is 10.1. The van der Waals surface area contributed by atoms with Gasteiger partial charge in [-0.25, -0.2) is 4.98 Å². The van der Waals surface area contributed by atoms with Gasteiger partial charge < -0.3 is 15.1 Å². The van der Waals surface area contributed by atoms with Crippen LogP contribution >= 0.6 is 0 Å². The highest BCUT2D eigenvalue weighted by atomic mass is 16.3. The smallest absolute Gasteiger partial charge is 0.128 e. The second-order valence-electron chi connectivity index (χ2n) is 4.41. The van der Waals surface area contributed by atoms with Gasteiger partial charge in [0.15, 0.2) is 0 Å². The molecule has 0 spiro atoms. The Morgan fingerprint density at radius 1 is 1.56 bits per heavy atom. The van der Waals surface area contributed by atoms with Crippen molar-refractivity contribution in [2.45, 2.75) is 19.4 Å². The Balaban J connectivity index is 2.05. The van der Waals surface area contributed by atoms with Crippen LogP contribution in [0.5, 0.6) is 0 Å². The van der Waals surface area contributed by atoms with Crippen LogP contribution in [0.2, 0.25) is 0 Å². The molecule has 16 heavy (non-hydrogen) atoms. The van der Waals surface area contributed by atoms with Crippen LogP contribution in [0, 0.1) is 5.92 Å². The van der Waals surface area contributed by atoms with Crippen molar-refractivity contribution in [3.8, 4) is 0 Å². The summed E-state index contributed by atoms with van der Waals surface area (Å²) in [5.74, 6) is 1.30. The minimum Gasteiger partial charge on any atom is -0.396 e. The second kappa shape index (κ2) is 4.80. The monoisotopic (exact) mass is 222 g/mol. The molecule has 1 aromatic rings. The Morgan fingerprint density at radius 3 is 2.88 bits per heavy atom. The van der Waals surface area contributed by atoms with Crippen LogP contribution in [0.4, 0.5) is 5.82 Å². The van der Waals surface area contributed by atoms with E-state index in [9.17, 15) is 5.11 Å². The largest absolute Gasteiger partial charge is 0.396 e. The summed E-state index contributed by atoms with van der Waals surface area (Å²) >= 11 is 0. The molecule has 1 saturated heterocycles. The van der Waals surface area contributed by atoms with Crippen LogP contribution in [-0.2, 0) is 0 Å². The molecule has 0 bridgehead atoms. The molecule has 0 radical (unpaired) electrons. The van der Waals surface area contributed by atoms with Gasteiger partial charge in [-0.3, -0.25) is 0 Å². The summed E-state index contributed by atoms with van der Waals surface area (Å²) in [6.45, 7) is 3.81. The number of hydrogen-bond acceptors (Lipinski definition) is 4. The van der Waals surface area contributed by atoms with Gasteiger partial charge in [0.25, 0.3) is 0 Å². The summed E-state index contributed by atoms with van der Waals surface area (Å²) in [7, 11) is 0. The maximum absolute atomic E-state index is 9.37. The molecule has 0 amide bonds. The van der Waals surface area contributed by atoms with E-state index in [0.717, 1.165) is 30.9 Å². The van der Waals surface area contributed by atoms with E-state index in [1.165, 1.54) is 0 Å². The van der Waals surface area contributed by atoms with Gasteiger partial charge >= 0.3 is 0 Å². The van der Waals surface area contributed by atoms with Crippen molar-refractivity contribution in [3.05, 3.63) is 23.9 Å². The van der Waals surface area contributed by atoms with E-state index in [2.05, 4.69) is 9.88 Å². The minimum absolute atomic E-state index is 0.252. The lowest BCUT2D eigenvalue weighted by Crippen LogP contribution is -2.21. The molecule has 2 rings (SSSR count). The molecule has 88 valence electrons. The van der Waals surface area contributed by atoms with E-state index in [1.807, 2.05) is 12.1 Å². The number of pyridine rings is 1. The molecular formula is C12H18N2O2. The van der Waals surface area contributed by atoms with Gasteiger partial charge in [0.2, 0.25) is 0 Å². The van der Waals surface area contributed by atoms with Gasteiger partial charge in [-0.05, 0) is 25.0 Å². The number of rotatable bonds is 3. The van der Waals surface area contributed by atoms with Gasteiger partial charge in [0.05, 0.1) is 6.10 Å². The van der Waals surface area contributed by atoms with Gasteiger partial charge in [0, 0.05) is 31.8 Å². The van der Waals surface area contributed by atoms with E-state index in [0.29, 0.717) is 5.92 Å². The predicted octanol–water partition coefficient (Wildman–Crippen LogP) is 0.954. The molecule has 1 aliphatic heterocycles. The highest BCUT2D eigenvalue weighted by Crippen LogP contribution is 2.22. The first-order chi connectivity index (χ1) is 7.70. The van der Waals surface area contributed by atoms with E-state index < -0.39 is 6.10 Å². The van der Waals surface area contributed by atoms with Crippen LogP contribution in [0.15, 0.2) is 18.3 Å². The van der Waals surface area contributed by atoms with Crippen LogP contribution < -0.4 is 4.90 Å². The van der Waals surface area contributed by atoms with E-state index in [-0.39, 0.29) is 6.61 Å². The summed E-state index contributed by atoms with van der Waals surface area (Å²) in [5, 5.41) is 18.4. The summed E-state index contributed by atoms with van der Waals surface area (Å²) in [6, 6.07) is 3.83. The van der Waals surface area contributed by atoms with Crippen molar-refractivity contribution in [1.29, 1.82) is 0 Å². The average molecular weight is 222 g/mol. The Kier molecular flexibility index (Phi) is 3.41. The Morgan fingerprint density at radius 2 is 2.38 bits per heavy atom. The van der Waals surface area contributed by atoms with Crippen molar-refractivity contribution in [1.82, 2.24) is 4.98 Å². The van der Waals surface area contributed by atoms with Crippen molar-refractivity contribution in [2.24, 2.45) is 5.92 Å². The zero-order chi connectivity index (χ0) is 11.5. The fraction of sp³-hybridized carbons (Fsp3) is 0.583. The van der Waals surface area contributed by atoms with Crippen LogP contribution in [0.3, 0.4) is 0 Å². The average Bonchev–Trinajstić information content (AvgIpc) is 2.77. The van der Waals surface area contributed by atoms with E-state index >= 15 is 0 Å². The first-order valence-electron chi connectivity index (χ1n) is 5.70. The fourth-order valence-corrected chi connectivity index (χ4v) is 2.02. The topological polar surface area (TPSA) is 56.6 Å². The van der Waals surface area contributed by atoms with Gasteiger partial charge in [-0.1, -0.05) is 6.07 Å². The van der Waals surface area contributed by atoms with Crippen molar-refractivity contribution < 1.29 is 10.2 Å². The Bertz CT molecular complexity index is 337. The first kappa shape index (κ1) is 11.4. The normalized spacial score (nSPS) is 22.4.